The SMILES string of the molecule is O=C1CCCc2c(OCCCC3CCCO3)cccc21. The lowest BCUT2D eigenvalue weighted by Crippen LogP contribution is -2.13. The van der Waals surface area contributed by atoms with Crippen molar-refractivity contribution in [2.75, 3.05) is 13.2 Å². The van der Waals surface area contributed by atoms with E-state index in [0.29, 0.717) is 19.1 Å². The summed E-state index contributed by atoms with van der Waals surface area (Å²) in [6.07, 6.45) is 7.50. The van der Waals surface area contributed by atoms with Gasteiger partial charge in [0.05, 0.1) is 12.7 Å². The van der Waals surface area contributed by atoms with Gasteiger partial charge in [-0.15, -0.1) is 0 Å². The van der Waals surface area contributed by atoms with Crippen molar-refractivity contribution in [3.8, 4) is 5.75 Å². The number of ketones is 1. The fourth-order valence-corrected chi connectivity index (χ4v) is 3.15. The van der Waals surface area contributed by atoms with Gasteiger partial charge in [0.2, 0.25) is 0 Å². The maximum atomic E-state index is 11.9. The van der Waals surface area contributed by atoms with E-state index in [4.69, 9.17) is 9.47 Å². The number of carbonyl (C=O) groups is 1. The molecule has 3 nitrogen and oxygen atoms in total. The van der Waals surface area contributed by atoms with Crippen molar-refractivity contribution < 1.29 is 14.3 Å². The summed E-state index contributed by atoms with van der Waals surface area (Å²) in [6.45, 7) is 1.63. The number of hydrogen-bond acceptors (Lipinski definition) is 3. The molecule has 0 N–H and O–H groups in total. The van der Waals surface area contributed by atoms with Crippen LogP contribution < -0.4 is 4.74 Å². The molecule has 3 rings (SSSR count). The van der Waals surface area contributed by atoms with Gasteiger partial charge in [0, 0.05) is 24.2 Å². The van der Waals surface area contributed by atoms with Gasteiger partial charge in [-0.2, -0.15) is 0 Å². The number of hydrogen-bond donors (Lipinski definition) is 0. The Balaban J connectivity index is 1.54. The van der Waals surface area contributed by atoms with Crippen LogP contribution in [0.25, 0.3) is 0 Å². The quantitative estimate of drug-likeness (QED) is 0.770. The third kappa shape index (κ3) is 3.04. The molecule has 1 saturated heterocycles. The second-order valence-corrected chi connectivity index (χ2v) is 5.68. The molecule has 0 bridgehead atoms. The minimum atomic E-state index is 0.260. The average Bonchev–Trinajstić information content (AvgIpc) is 2.98. The maximum Gasteiger partial charge on any atom is 0.163 e. The predicted octanol–water partition coefficient (Wildman–Crippen LogP) is 3.54. The van der Waals surface area contributed by atoms with E-state index in [2.05, 4.69) is 0 Å². The summed E-state index contributed by atoms with van der Waals surface area (Å²) in [4.78, 5) is 11.9. The summed E-state index contributed by atoms with van der Waals surface area (Å²) in [5, 5.41) is 0. The highest BCUT2D eigenvalue weighted by atomic mass is 16.5. The molecule has 1 unspecified atom stereocenters. The second kappa shape index (κ2) is 6.40. The van der Waals surface area contributed by atoms with E-state index in [1.165, 1.54) is 12.8 Å². The highest BCUT2D eigenvalue weighted by molar-refractivity contribution is 5.99. The molecule has 1 atom stereocenters. The Hall–Kier alpha value is -1.35. The average molecular weight is 274 g/mol. The first-order valence-electron chi connectivity index (χ1n) is 7.74. The predicted molar refractivity (Wildman–Crippen MR) is 77.4 cm³/mol. The summed E-state index contributed by atoms with van der Waals surface area (Å²) in [5.74, 6) is 1.17. The Morgan fingerprint density at radius 1 is 1.25 bits per heavy atom. The van der Waals surface area contributed by atoms with Crippen molar-refractivity contribution in [2.45, 2.75) is 51.0 Å². The highest BCUT2D eigenvalue weighted by Gasteiger charge is 2.20. The number of carbonyl (C=O) groups excluding carboxylic acids is 1. The molecule has 0 radical (unpaired) electrons. The third-order valence-corrected chi connectivity index (χ3v) is 4.22. The molecular weight excluding hydrogens is 252 g/mol. The van der Waals surface area contributed by atoms with Crippen molar-refractivity contribution in [3.63, 3.8) is 0 Å². The van der Waals surface area contributed by atoms with Crippen LogP contribution in [0.4, 0.5) is 0 Å². The van der Waals surface area contributed by atoms with Crippen LogP contribution in [-0.4, -0.2) is 25.1 Å². The zero-order valence-electron chi connectivity index (χ0n) is 11.9. The molecule has 1 heterocycles. The zero-order valence-corrected chi connectivity index (χ0v) is 11.9. The lowest BCUT2D eigenvalue weighted by Gasteiger charge is -2.19. The topological polar surface area (TPSA) is 35.5 Å². The van der Waals surface area contributed by atoms with E-state index in [9.17, 15) is 4.79 Å². The van der Waals surface area contributed by atoms with Gasteiger partial charge in [0.25, 0.3) is 0 Å². The molecular formula is C17H22O3. The molecule has 108 valence electrons. The van der Waals surface area contributed by atoms with Gasteiger partial charge in [-0.1, -0.05) is 12.1 Å². The Bertz CT molecular complexity index is 475. The van der Waals surface area contributed by atoms with E-state index in [-0.39, 0.29) is 5.78 Å². The van der Waals surface area contributed by atoms with Crippen LogP contribution in [0.1, 0.15) is 54.4 Å². The number of Topliss-reactive ketones (excluding diaryl/α,β-unsaturated/α-hetero) is 1. The fraction of sp³-hybridized carbons (Fsp3) is 0.588. The van der Waals surface area contributed by atoms with Crippen molar-refractivity contribution in [1.29, 1.82) is 0 Å². The minimum absolute atomic E-state index is 0.260. The van der Waals surface area contributed by atoms with Crippen LogP contribution in [0.2, 0.25) is 0 Å². The number of rotatable bonds is 5. The Morgan fingerprint density at radius 2 is 2.20 bits per heavy atom. The van der Waals surface area contributed by atoms with Crippen molar-refractivity contribution in [3.05, 3.63) is 29.3 Å². The summed E-state index contributed by atoms with van der Waals surface area (Å²) in [5.41, 5.74) is 1.98. The first kappa shape index (κ1) is 13.6. The van der Waals surface area contributed by atoms with Crippen LogP contribution in [0.5, 0.6) is 5.75 Å². The lowest BCUT2D eigenvalue weighted by atomic mass is 9.90. The summed E-state index contributed by atoms with van der Waals surface area (Å²) in [7, 11) is 0. The number of fused-ring (bicyclic) bond motifs is 1. The first-order valence-corrected chi connectivity index (χ1v) is 7.74. The molecule has 1 aliphatic carbocycles. The third-order valence-electron chi connectivity index (χ3n) is 4.22. The molecule has 3 heteroatoms. The van der Waals surface area contributed by atoms with Crippen LogP contribution >= 0.6 is 0 Å². The van der Waals surface area contributed by atoms with Crippen LogP contribution in [0.3, 0.4) is 0 Å². The molecule has 0 amide bonds. The summed E-state index contributed by atoms with van der Waals surface area (Å²) >= 11 is 0. The van der Waals surface area contributed by atoms with Crippen LogP contribution in [-0.2, 0) is 11.2 Å². The van der Waals surface area contributed by atoms with Gasteiger partial charge in [-0.05, 0) is 44.6 Å². The standard InChI is InChI=1S/C17H22O3/c18-16-9-1-8-15-14(16)7-2-10-17(15)20-12-4-6-13-5-3-11-19-13/h2,7,10,13H,1,3-6,8-9,11-12H2. The molecule has 0 spiro atoms. The molecule has 1 aromatic carbocycles. The van der Waals surface area contributed by atoms with E-state index >= 15 is 0 Å². The number of benzene rings is 1. The Kier molecular flexibility index (Phi) is 4.36. The monoisotopic (exact) mass is 274 g/mol. The maximum absolute atomic E-state index is 11.9. The van der Waals surface area contributed by atoms with E-state index in [0.717, 1.165) is 49.2 Å². The van der Waals surface area contributed by atoms with E-state index in [1.54, 1.807) is 0 Å². The normalized spacial score (nSPS) is 21.8. The molecule has 0 saturated carbocycles. The van der Waals surface area contributed by atoms with Crippen molar-refractivity contribution in [2.24, 2.45) is 0 Å². The Labute approximate surface area is 120 Å². The first-order chi connectivity index (χ1) is 9.84. The van der Waals surface area contributed by atoms with Gasteiger partial charge in [0.1, 0.15) is 5.75 Å². The van der Waals surface area contributed by atoms with Gasteiger partial charge in [-0.3, -0.25) is 4.79 Å². The fourth-order valence-electron chi connectivity index (χ4n) is 3.15. The van der Waals surface area contributed by atoms with Crippen LogP contribution in [0, 0.1) is 0 Å². The summed E-state index contributed by atoms with van der Waals surface area (Å²) in [6, 6.07) is 5.84. The van der Waals surface area contributed by atoms with Gasteiger partial charge in [0.15, 0.2) is 5.78 Å². The largest absolute Gasteiger partial charge is 0.493 e. The van der Waals surface area contributed by atoms with Gasteiger partial charge in [-0.25, -0.2) is 0 Å². The van der Waals surface area contributed by atoms with Gasteiger partial charge < -0.3 is 9.47 Å². The smallest absolute Gasteiger partial charge is 0.163 e. The van der Waals surface area contributed by atoms with Gasteiger partial charge >= 0.3 is 0 Å². The second-order valence-electron chi connectivity index (χ2n) is 5.68. The molecule has 1 aliphatic heterocycles. The number of ether oxygens (including phenoxy) is 2. The summed E-state index contributed by atoms with van der Waals surface area (Å²) < 4.78 is 11.5. The molecule has 20 heavy (non-hydrogen) atoms. The molecule has 0 aromatic heterocycles. The molecule has 1 aromatic rings. The van der Waals surface area contributed by atoms with Crippen LogP contribution in [0.15, 0.2) is 18.2 Å². The lowest BCUT2D eigenvalue weighted by molar-refractivity contribution is 0.0969. The van der Waals surface area contributed by atoms with E-state index < -0.39 is 0 Å². The molecule has 2 aliphatic rings. The van der Waals surface area contributed by atoms with E-state index in [1.807, 2.05) is 18.2 Å². The van der Waals surface area contributed by atoms with Crippen molar-refractivity contribution in [1.82, 2.24) is 0 Å². The zero-order chi connectivity index (χ0) is 13.8. The van der Waals surface area contributed by atoms with Crippen molar-refractivity contribution >= 4 is 5.78 Å². The molecule has 1 fully saturated rings. The highest BCUT2D eigenvalue weighted by Crippen LogP contribution is 2.29. The minimum Gasteiger partial charge on any atom is -0.493 e. The Morgan fingerprint density at radius 3 is 3.05 bits per heavy atom.